The second-order valence-corrected chi connectivity index (χ2v) is 6.74. The van der Waals surface area contributed by atoms with Crippen LogP contribution in [0.1, 0.15) is 11.4 Å². The number of aryl methyl sites for hydroxylation is 1. The second kappa shape index (κ2) is 7.24. The van der Waals surface area contributed by atoms with Gasteiger partial charge in [-0.1, -0.05) is 30.0 Å². The van der Waals surface area contributed by atoms with E-state index in [0.29, 0.717) is 34.0 Å². The Labute approximate surface area is 159 Å². The predicted molar refractivity (Wildman–Crippen MR) is 102 cm³/mol. The van der Waals surface area contributed by atoms with Gasteiger partial charge in [-0.2, -0.15) is 0 Å². The lowest BCUT2D eigenvalue weighted by Crippen LogP contribution is -2.17. The molecule has 0 N–H and O–H groups in total. The van der Waals surface area contributed by atoms with Gasteiger partial charge in [-0.25, -0.2) is 4.98 Å². The molecule has 0 atom stereocenters. The Hall–Kier alpha value is -3.13. The number of ether oxygens (including phenoxy) is 1. The summed E-state index contributed by atoms with van der Waals surface area (Å²) in [5.74, 6) is 1.50. The van der Waals surface area contributed by atoms with Crippen LogP contribution >= 0.6 is 11.8 Å². The van der Waals surface area contributed by atoms with Gasteiger partial charge in [0.05, 0.1) is 18.4 Å². The summed E-state index contributed by atoms with van der Waals surface area (Å²) < 4.78 is 12.6. The topological polar surface area (TPSA) is 82.5 Å². The number of aromatic nitrogens is 4. The molecule has 0 fully saturated rings. The molecule has 4 aromatic rings. The maximum atomic E-state index is 12.3. The first-order valence-electron chi connectivity index (χ1n) is 8.24. The van der Waals surface area contributed by atoms with Gasteiger partial charge in [-0.15, -0.1) is 10.2 Å². The first-order valence-corrected chi connectivity index (χ1v) is 9.22. The molecule has 1 aromatic carbocycles. The zero-order valence-corrected chi connectivity index (χ0v) is 15.6. The van der Waals surface area contributed by atoms with Crippen LogP contribution in [-0.4, -0.2) is 26.7 Å². The van der Waals surface area contributed by atoms with Crippen molar-refractivity contribution in [3.8, 4) is 17.2 Å². The summed E-state index contributed by atoms with van der Waals surface area (Å²) in [6, 6.07) is 14.5. The van der Waals surface area contributed by atoms with Crippen LogP contribution in [-0.2, 0) is 5.75 Å². The van der Waals surface area contributed by atoms with E-state index >= 15 is 0 Å². The highest BCUT2D eigenvalue weighted by atomic mass is 32.2. The molecule has 27 heavy (non-hydrogen) atoms. The number of fused-ring (bicyclic) bond motifs is 1. The van der Waals surface area contributed by atoms with Gasteiger partial charge in [-0.3, -0.25) is 9.20 Å². The van der Waals surface area contributed by atoms with Crippen molar-refractivity contribution in [3.05, 3.63) is 70.3 Å². The van der Waals surface area contributed by atoms with Gasteiger partial charge >= 0.3 is 0 Å². The number of hydrogen-bond donors (Lipinski definition) is 0. The third-order valence-corrected chi connectivity index (χ3v) is 4.87. The molecule has 3 heterocycles. The Balaban J connectivity index is 1.56. The van der Waals surface area contributed by atoms with E-state index in [1.807, 2.05) is 49.4 Å². The summed E-state index contributed by atoms with van der Waals surface area (Å²) in [4.78, 5) is 16.9. The van der Waals surface area contributed by atoms with Crippen LogP contribution in [0.5, 0.6) is 5.75 Å². The van der Waals surface area contributed by atoms with Crippen molar-refractivity contribution in [3.63, 3.8) is 0 Å². The summed E-state index contributed by atoms with van der Waals surface area (Å²) in [5.41, 5.74) is 2.76. The number of pyridine rings is 1. The van der Waals surface area contributed by atoms with E-state index < -0.39 is 0 Å². The Morgan fingerprint density at radius 1 is 1.15 bits per heavy atom. The summed E-state index contributed by atoms with van der Waals surface area (Å²) >= 11 is 1.33. The molecule has 136 valence electrons. The number of methoxy groups -OCH3 is 1. The Morgan fingerprint density at radius 3 is 2.85 bits per heavy atom. The van der Waals surface area contributed by atoms with E-state index in [9.17, 15) is 4.79 Å². The van der Waals surface area contributed by atoms with Crippen LogP contribution in [0, 0.1) is 6.92 Å². The van der Waals surface area contributed by atoms with E-state index in [0.717, 1.165) is 11.3 Å². The third kappa shape index (κ3) is 3.43. The quantitative estimate of drug-likeness (QED) is 0.491. The van der Waals surface area contributed by atoms with E-state index in [1.54, 1.807) is 11.5 Å². The SMILES string of the molecule is COc1ccccc1-c1nnc(SCc2cc(=O)n3c(C)cccc3n2)o1. The molecular formula is C19H16N4O3S. The predicted octanol–water partition coefficient (Wildman–Crippen LogP) is 3.35. The van der Waals surface area contributed by atoms with Crippen molar-refractivity contribution in [2.24, 2.45) is 0 Å². The van der Waals surface area contributed by atoms with Crippen LogP contribution in [0.15, 0.2) is 63.0 Å². The molecule has 0 spiro atoms. The highest BCUT2D eigenvalue weighted by Crippen LogP contribution is 2.31. The average Bonchev–Trinajstić information content (AvgIpc) is 3.15. The molecule has 0 saturated carbocycles. The van der Waals surface area contributed by atoms with Crippen molar-refractivity contribution in [2.45, 2.75) is 17.9 Å². The summed E-state index contributed by atoms with van der Waals surface area (Å²) in [7, 11) is 1.59. The number of rotatable bonds is 5. The summed E-state index contributed by atoms with van der Waals surface area (Å²) in [5, 5.41) is 8.55. The number of hydrogen-bond acceptors (Lipinski definition) is 7. The van der Waals surface area contributed by atoms with Gasteiger partial charge in [0.2, 0.25) is 0 Å². The molecule has 0 aliphatic carbocycles. The molecule has 0 saturated heterocycles. The highest BCUT2D eigenvalue weighted by molar-refractivity contribution is 7.98. The molecule has 0 aliphatic rings. The van der Waals surface area contributed by atoms with E-state index in [1.165, 1.54) is 17.8 Å². The van der Waals surface area contributed by atoms with Crippen LogP contribution in [0.25, 0.3) is 17.1 Å². The zero-order chi connectivity index (χ0) is 18.8. The Kier molecular flexibility index (Phi) is 4.64. The Bertz CT molecular complexity index is 1170. The zero-order valence-electron chi connectivity index (χ0n) is 14.7. The van der Waals surface area contributed by atoms with Crippen molar-refractivity contribution in [1.82, 2.24) is 19.6 Å². The summed E-state index contributed by atoms with van der Waals surface area (Å²) in [6.07, 6.45) is 0. The fourth-order valence-corrected chi connectivity index (χ4v) is 3.43. The minimum Gasteiger partial charge on any atom is -0.496 e. The summed E-state index contributed by atoms with van der Waals surface area (Å²) in [6.45, 7) is 1.88. The van der Waals surface area contributed by atoms with Crippen LogP contribution in [0.2, 0.25) is 0 Å². The molecule has 3 aromatic heterocycles. The minimum absolute atomic E-state index is 0.103. The molecule has 0 aliphatic heterocycles. The van der Waals surface area contributed by atoms with Gasteiger partial charge in [0, 0.05) is 17.5 Å². The maximum absolute atomic E-state index is 12.3. The molecule has 0 amide bonds. The third-order valence-electron chi connectivity index (χ3n) is 4.02. The number of nitrogens with zero attached hydrogens (tertiary/aromatic N) is 4. The normalized spacial score (nSPS) is 11.0. The van der Waals surface area contributed by atoms with Gasteiger partial charge in [0.1, 0.15) is 11.4 Å². The molecule has 0 radical (unpaired) electrons. The van der Waals surface area contributed by atoms with Gasteiger partial charge < -0.3 is 9.15 Å². The number of para-hydroxylation sites is 1. The smallest absolute Gasteiger partial charge is 0.277 e. The molecule has 4 rings (SSSR count). The van der Waals surface area contributed by atoms with Crippen molar-refractivity contribution >= 4 is 17.4 Å². The fraction of sp³-hybridized carbons (Fsp3) is 0.158. The van der Waals surface area contributed by atoms with E-state index in [2.05, 4.69) is 15.2 Å². The maximum Gasteiger partial charge on any atom is 0.277 e. The number of thioether (sulfide) groups is 1. The molecule has 8 heteroatoms. The first kappa shape index (κ1) is 17.3. The van der Waals surface area contributed by atoms with Gasteiger partial charge in [-0.05, 0) is 31.2 Å². The molecule has 7 nitrogen and oxygen atoms in total. The minimum atomic E-state index is -0.103. The lowest BCUT2D eigenvalue weighted by molar-refractivity contribution is 0.411. The first-order chi connectivity index (χ1) is 13.2. The standard InChI is InChI=1S/C19H16N4O3S/c1-12-6-5-9-16-20-13(10-17(24)23(12)16)11-27-19-22-21-18(26-19)14-7-3-4-8-15(14)25-2/h3-10H,11H2,1-2H3. The lowest BCUT2D eigenvalue weighted by atomic mass is 10.2. The molecule has 0 unspecified atom stereocenters. The van der Waals surface area contributed by atoms with E-state index in [-0.39, 0.29) is 5.56 Å². The van der Waals surface area contributed by atoms with Crippen molar-refractivity contribution in [1.29, 1.82) is 0 Å². The Morgan fingerprint density at radius 2 is 2.00 bits per heavy atom. The van der Waals surface area contributed by atoms with Gasteiger partial charge in [0.15, 0.2) is 0 Å². The highest BCUT2D eigenvalue weighted by Gasteiger charge is 2.14. The van der Waals surface area contributed by atoms with Gasteiger partial charge in [0.25, 0.3) is 16.7 Å². The monoisotopic (exact) mass is 380 g/mol. The second-order valence-electron chi connectivity index (χ2n) is 5.81. The van der Waals surface area contributed by atoms with Crippen LogP contribution < -0.4 is 10.3 Å². The number of benzene rings is 1. The van der Waals surface area contributed by atoms with Crippen LogP contribution in [0.3, 0.4) is 0 Å². The lowest BCUT2D eigenvalue weighted by Gasteiger charge is -2.05. The van der Waals surface area contributed by atoms with Crippen molar-refractivity contribution < 1.29 is 9.15 Å². The fourth-order valence-electron chi connectivity index (χ4n) is 2.77. The molecule has 0 bridgehead atoms. The van der Waals surface area contributed by atoms with Crippen molar-refractivity contribution in [2.75, 3.05) is 7.11 Å². The average molecular weight is 380 g/mol. The van der Waals surface area contributed by atoms with Crippen LogP contribution in [0.4, 0.5) is 0 Å². The van der Waals surface area contributed by atoms with E-state index in [4.69, 9.17) is 9.15 Å². The molecular weight excluding hydrogens is 364 g/mol. The largest absolute Gasteiger partial charge is 0.496 e.